The first kappa shape index (κ1) is 54.3. The number of anilines is 3. The van der Waals surface area contributed by atoms with Crippen molar-refractivity contribution in [2.75, 3.05) is 4.90 Å². The molecule has 2 aliphatic carbocycles. The lowest BCUT2D eigenvalue weighted by atomic mass is 9.67. The van der Waals surface area contributed by atoms with Gasteiger partial charge in [-0.25, -0.2) is 0 Å². The molecule has 1 heterocycles. The summed E-state index contributed by atoms with van der Waals surface area (Å²) in [6.45, 7) is 8.01. The average molecular weight is 1170 g/mol. The van der Waals surface area contributed by atoms with E-state index in [0.717, 1.165) is 50.5 Å². The molecule has 2 heteroatoms. The molecule has 2 nitrogen and oxygen atoms in total. The van der Waals surface area contributed by atoms with Crippen LogP contribution in [0.15, 0.2) is 353 Å². The Bertz CT molecular complexity index is 5280. The largest absolute Gasteiger partial charge is 0.310 e. The van der Waals surface area contributed by atoms with E-state index < -0.39 is 10.8 Å². The Labute approximate surface area is 537 Å². The van der Waals surface area contributed by atoms with Gasteiger partial charge in [0.05, 0.1) is 21.9 Å². The Morgan fingerprint density at radius 1 is 0.261 bits per heavy atom. The van der Waals surface area contributed by atoms with Gasteiger partial charge in [0.2, 0.25) is 0 Å². The number of para-hydroxylation sites is 1. The van der Waals surface area contributed by atoms with Gasteiger partial charge in [-0.1, -0.05) is 292 Å². The predicted molar refractivity (Wildman–Crippen MR) is 387 cm³/mol. The lowest BCUT2D eigenvalue weighted by molar-refractivity contribution is 0.767. The van der Waals surface area contributed by atoms with Gasteiger partial charge in [-0.05, 0) is 184 Å². The summed E-state index contributed by atoms with van der Waals surface area (Å²) in [7, 11) is 0. The summed E-state index contributed by atoms with van der Waals surface area (Å²) in [6.07, 6.45) is 3.80. The van der Waals surface area contributed by atoms with E-state index in [4.69, 9.17) is 0 Å². The Kier molecular flexibility index (Phi) is 13.0. The van der Waals surface area contributed by atoms with Crippen molar-refractivity contribution in [1.29, 1.82) is 0 Å². The van der Waals surface area contributed by atoms with Crippen LogP contribution >= 0.6 is 0 Å². The molecule has 1 unspecified atom stereocenters. The lowest BCUT2D eigenvalue weighted by Crippen LogP contribution is -2.29. The van der Waals surface area contributed by atoms with Crippen molar-refractivity contribution >= 4 is 51.0 Å². The second-order valence-electron chi connectivity index (χ2n) is 24.4. The van der Waals surface area contributed by atoms with Crippen LogP contribution in [-0.2, 0) is 10.8 Å². The number of aromatic nitrogens is 1. The maximum absolute atomic E-state index is 4.01. The molecule has 14 aromatic carbocycles. The minimum atomic E-state index is -0.654. The zero-order valence-corrected chi connectivity index (χ0v) is 50.8. The van der Waals surface area contributed by atoms with E-state index in [2.05, 4.69) is 362 Å². The quantitative estimate of drug-likeness (QED) is 0.112. The normalized spacial score (nSPS) is 14.1. The van der Waals surface area contributed by atoms with E-state index >= 15 is 0 Å². The summed E-state index contributed by atoms with van der Waals surface area (Å²) in [6, 6.07) is 127. The summed E-state index contributed by atoms with van der Waals surface area (Å²) in [5.74, 6) is 0. The van der Waals surface area contributed by atoms with E-state index in [1.165, 1.54) is 105 Å². The summed E-state index contributed by atoms with van der Waals surface area (Å²) in [4.78, 5) is 2.50. The lowest BCUT2D eigenvalue weighted by Gasteiger charge is -2.36. The molecule has 0 spiro atoms. The Balaban J connectivity index is 0.867. The fraction of sp³-hybridized carbons (Fsp3) is 0.0222. The summed E-state index contributed by atoms with van der Waals surface area (Å²) in [5, 5.41) is 2.41. The molecule has 0 bridgehead atoms. The van der Waals surface area contributed by atoms with Crippen LogP contribution in [0.1, 0.15) is 55.6 Å². The predicted octanol–water partition coefficient (Wildman–Crippen LogP) is 23.3. The standard InChI is InChI=1S/C90H62N2/c1-3-61-33-37-63(38-34-61)64-41-47-72(48-42-64)90(71-25-13-7-14-26-71)84-32-20-18-30-78(84)80-54-52-76(60-86(80)90)91(75-51-53-79-77-29-17-19-31-83(77)89(85(79)59-75,69-21-9-5-10-22-69)70-23-11-6-12-24-70)74-49-43-66(44-50-74)68-46-56-88-82(58-68)81-57-67(65-39-35-62(4-2)36-40-65)45-55-87(81)92(88)73-27-15-8-16-28-73/h3-60H,1-2H2. The summed E-state index contributed by atoms with van der Waals surface area (Å²) < 4.78 is 2.40. The fourth-order valence-corrected chi connectivity index (χ4v) is 15.5. The molecule has 15 aromatic rings. The molecule has 432 valence electrons. The molecular formula is C90H62N2. The van der Waals surface area contributed by atoms with Crippen LogP contribution in [0, 0.1) is 0 Å². The maximum Gasteiger partial charge on any atom is 0.0714 e. The molecule has 17 rings (SSSR count). The highest BCUT2D eigenvalue weighted by atomic mass is 15.1. The fourth-order valence-electron chi connectivity index (χ4n) is 15.5. The maximum atomic E-state index is 4.01. The SMILES string of the molecule is C=Cc1ccc(-c2ccc(C3(c4ccccc4)c4ccccc4-c4ccc(N(c5ccc(-c6ccc7c(c6)c6cc(-c8ccc(C=C)cc8)ccc6n7-c6ccccc6)cc5)c5ccc6c(c5)C(c5ccccc5)(c5ccccc5)c5ccccc5-6)cc43)cc2)cc1. The van der Waals surface area contributed by atoms with Crippen molar-refractivity contribution in [1.82, 2.24) is 4.57 Å². The second-order valence-corrected chi connectivity index (χ2v) is 24.4. The Hall–Kier alpha value is -11.8. The number of fused-ring (bicyclic) bond motifs is 9. The van der Waals surface area contributed by atoms with Gasteiger partial charge in [-0.15, -0.1) is 0 Å². The van der Waals surface area contributed by atoms with Gasteiger partial charge >= 0.3 is 0 Å². The van der Waals surface area contributed by atoms with E-state index in [0.29, 0.717) is 0 Å². The first-order valence-corrected chi connectivity index (χ1v) is 31.8. The van der Waals surface area contributed by atoms with Gasteiger partial charge in [-0.2, -0.15) is 0 Å². The molecular weight excluding hydrogens is 1110 g/mol. The topological polar surface area (TPSA) is 8.17 Å². The molecule has 0 saturated carbocycles. The van der Waals surface area contributed by atoms with Gasteiger partial charge in [0.25, 0.3) is 0 Å². The van der Waals surface area contributed by atoms with Gasteiger partial charge in [0, 0.05) is 33.5 Å². The molecule has 0 amide bonds. The molecule has 92 heavy (non-hydrogen) atoms. The number of hydrogen-bond acceptors (Lipinski definition) is 1. The van der Waals surface area contributed by atoms with Crippen LogP contribution in [-0.4, -0.2) is 4.57 Å². The van der Waals surface area contributed by atoms with Crippen LogP contribution in [0.5, 0.6) is 0 Å². The van der Waals surface area contributed by atoms with Gasteiger partial charge < -0.3 is 9.47 Å². The van der Waals surface area contributed by atoms with Crippen LogP contribution in [0.4, 0.5) is 17.1 Å². The zero-order chi connectivity index (χ0) is 61.3. The summed E-state index contributed by atoms with van der Waals surface area (Å²) in [5.41, 5.74) is 29.5. The van der Waals surface area contributed by atoms with E-state index in [1.54, 1.807) is 0 Å². The summed E-state index contributed by atoms with van der Waals surface area (Å²) >= 11 is 0. The van der Waals surface area contributed by atoms with Crippen molar-refractivity contribution in [3.05, 3.63) is 409 Å². The van der Waals surface area contributed by atoms with E-state index in [1.807, 2.05) is 12.2 Å². The monoisotopic (exact) mass is 1170 g/mol. The number of hydrogen-bond donors (Lipinski definition) is 0. The van der Waals surface area contributed by atoms with Gasteiger partial charge in [0.15, 0.2) is 0 Å². The molecule has 0 fully saturated rings. The molecule has 2 aliphatic rings. The smallest absolute Gasteiger partial charge is 0.0714 e. The van der Waals surface area contributed by atoms with E-state index in [-0.39, 0.29) is 0 Å². The number of nitrogens with zero attached hydrogens (tertiary/aromatic N) is 2. The van der Waals surface area contributed by atoms with Crippen molar-refractivity contribution in [3.8, 4) is 61.3 Å². The third-order valence-electron chi connectivity index (χ3n) is 19.7. The van der Waals surface area contributed by atoms with Crippen LogP contribution in [0.3, 0.4) is 0 Å². The van der Waals surface area contributed by atoms with Gasteiger partial charge in [-0.3, -0.25) is 0 Å². The van der Waals surface area contributed by atoms with Crippen LogP contribution in [0.25, 0.3) is 95.3 Å². The molecule has 0 radical (unpaired) electrons. The van der Waals surface area contributed by atoms with Crippen molar-refractivity contribution < 1.29 is 0 Å². The second kappa shape index (κ2) is 22.0. The minimum absolute atomic E-state index is 0.596. The van der Waals surface area contributed by atoms with Crippen molar-refractivity contribution in [2.24, 2.45) is 0 Å². The third kappa shape index (κ3) is 8.49. The highest BCUT2D eigenvalue weighted by Gasteiger charge is 2.48. The molecule has 0 saturated heterocycles. The molecule has 0 aliphatic heterocycles. The molecule has 1 atom stereocenters. The van der Waals surface area contributed by atoms with Crippen LogP contribution in [0.2, 0.25) is 0 Å². The van der Waals surface area contributed by atoms with Crippen molar-refractivity contribution in [2.45, 2.75) is 10.8 Å². The van der Waals surface area contributed by atoms with Crippen molar-refractivity contribution in [3.63, 3.8) is 0 Å². The zero-order valence-electron chi connectivity index (χ0n) is 50.8. The molecule has 1 aromatic heterocycles. The van der Waals surface area contributed by atoms with Crippen LogP contribution < -0.4 is 4.90 Å². The highest BCUT2D eigenvalue weighted by Crippen LogP contribution is 2.60. The minimum Gasteiger partial charge on any atom is -0.310 e. The first-order chi connectivity index (χ1) is 45.5. The number of rotatable bonds is 13. The Morgan fingerprint density at radius 3 is 1.01 bits per heavy atom. The average Bonchev–Trinajstić information content (AvgIpc) is 1.53. The molecule has 0 N–H and O–H groups in total. The van der Waals surface area contributed by atoms with Gasteiger partial charge in [0.1, 0.15) is 0 Å². The first-order valence-electron chi connectivity index (χ1n) is 31.8. The number of benzene rings is 14. The Morgan fingerprint density at radius 2 is 0.587 bits per heavy atom. The van der Waals surface area contributed by atoms with E-state index in [9.17, 15) is 0 Å². The third-order valence-corrected chi connectivity index (χ3v) is 19.7. The highest BCUT2D eigenvalue weighted by molar-refractivity contribution is 6.12.